The molecule has 1 aliphatic heterocycles. The van der Waals surface area contributed by atoms with E-state index < -0.39 is 5.82 Å². The largest absolute Gasteiger partial charge is 0.490 e. The summed E-state index contributed by atoms with van der Waals surface area (Å²) >= 11 is 3.51. The highest BCUT2D eigenvalue weighted by molar-refractivity contribution is 9.09. The van der Waals surface area contributed by atoms with Crippen molar-refractivity contribution in [2.75, 3.05) is 25.2 Å². The van der Waals surface area contributed by atoms with E-state index in [-0.39, 0.29) is 11.2 Å². The minimum absolute atomic E-state index is 0.00140. The molecule has 5 heteroatoms. The van der Waals surface area contributed by atoms with E-state index in [0.29, 0.717) is 25.4 Å². The SMILES string of the molecule is N#Cc1ccc(OCC2(CBr)CCOCC2)c(F)c1. The summed E-state index contributed by atoms with van der Waals surface area (Å²) in [4.78, 5) is 0. The second kappa shape index (κ2) is 6.36. The Bertz CT molecular complexity index is 481. The van der Waals surface area contributed by atoms with Crippen LogP contribution < -0.4 is 4.74 Å². The van der Waals surface area contributed by atoms with Crippen LogP contribution in [-0.2, 0) is 4.74 Å². The standard InChI is InChI=1S/C14H15BrFNO2/c15-9-14(3-5-18-6-4-14)10-19-13-2-1-11(8-17)7-12(13)16/h1-2,7H,3-6,9-10H2. The topological polar surface area (TPSA) is 42.2 Å². The monoisotopic (exact) mass is 327 g/mol. The molecule has 0 bridgehead atoms. The molecule has 1 heterocycles. The minimum atomic E-state index is -0.490. The van der Waals surface area contributed by atoms with E-state index in [1.807, 2.05) is 6.07 Å². The van der Waals surface area contributed by atoms with Crippen molar-refractivity contribution >= 4 is 15.9 Å². The van der Waals surface area contributed by atoms with E-state index in [4.69, 9.17) is 14.7 Å². The molecule has 3 nitrogen and oxygen atoms in total. The normalized spacial score (nSPS) is 17.7. The lowest BCUT2D eigenvalue weighted by atomic mass is 9.83. The van der Waals surface area contributed by atoms with Crippen LogP contribution in [-0.4, -0.2) is 25.2 Å². The molecule has 0 radical (unpaired) electrons. The zero-order valence-corrected chi connectivity index (χ0v) is 12.1. The Labute approximate surface area is 120 Å². The third-order valence-electron chi connectivity index (χ3n) is 3.43. The van der Waals surface area contributed by atoms with Crippen LogP contribution in [0.2, 0.25) is 0 Å². The smallest absolute Gasteiger partial charge is 0.166 e. The Morgan fingerprint density at radius 2 is 2.16 bits per heavy atom. The number of nitrogens with zero attached hydrogens (tertiary/aromatic N) is 1. The van der Waals surface area contributed by atoms with Crippen molar-refractivity contribution in [3.63, 3.8) is 0 Å². The molecule has 19 heavy (non-hydrogen) atoms. The predicted octanol–water partition coefficient (Wildman–Crippen LogP) is 3.27. The number of nitriles is 1. The molecular weight excluding hydrogens is 313 g/mol. The van der Waals surface area contributed by atoms with Gasteiger partial charge in [0, 0.05) is 24.0 Å². The summed E-state index contributed by atoms with van der Waals surface area (Å²) in [5.41, 5.74) is 0.296. The Morgan fingerprint density at radius 1 is 1.42 bits per heavy atom. The van der Waals surface area contributed by atoms with Crippen molar-refractivity contribution in [3.8, 4) is 11.8 Å². The van der Waals surface area contributed by atoms with Crippen molar-refractivity contribution < 1.29 is 13.9 Å². The van der Waals surface area contributed by atoms with Crippen molar-refractivity contribution in [1.82, 2.24) is 0 Å². The summed E-state index contributed by atoms with van der Waals surface area (Å²) in [5.74, 6) is -0.290. The molecule has 0 saturated carbocycles. The summed E-state index contributed by atoms with van der Waals surface area (Å²) < 4.78 is 24.7. The van der Waals surface area contributed by atoms with Gasteiger partial charge < -0.3 is 9.47 Å². The number of benzene rings is 1. The Morgan fingerprint density at radius 3 is 2.74 bits per heavy atom. The van der Waals surface area contributed by atoms with E-state index >= 15 is 0 Å². The fraction of sp³-hybridized carbons (Fsp3) is 0.500. The maximum absolute atomic E-state index is 13.7. The number of hydrogen-bond donors (Lipinski definition) is 0. The van der Waals surface area contributed by atoms with Gasteiger partial charge in [-0.15, -0.1) is 0 Å². The van der Waals surface area contributed by atoms with E-state index in [1.165, 1.54) is 12.1 Å². The van der Waals surface area contributed by atoms with Gasteiger partial charge in [-0.2, -0.15) is 5.26 Å². The van der Waals surface area contributed by atoms with E-state index in [2.05, 4.69) is 15.9 Å². The van der Waals surface area contributed by atoms with Crippen LogP contribution in [0.3, 0.4) is 0 Å². The number of alkyl halides is 1. The van der Waals surface area contributed by atoms with Gasteiger partial charge in [-0.3, -0.25) is 0 Å². The molecule has 0 amide bonds. The summed E-state index contributed by atoms with van der Waals surface area (Å²) in [6.07, 6.45) is 1.80. The van der Waals surface area contributed by atoms with Gasteiger partial charge in [0.1, 0.15) is 0 Å². The fourth-order valence-corrected chi connectivity index (χ4v) is 2.76. The molecule has 1 aromatic rings. The van der Waals surface area contributed by atoms with Crippen molar-refractivity contribution in [2.24, 2.45) is 5.41 Å². The average Bonchev–Trinajstić information content (AvgIpc) is 2.47. The zero-order chi connectivity index (χ0) is 13.7. The lowest BCUT2D eigenvalue weighted by molar-refractivity contribution is 0.00290. The van der Waals surface area contributed by atoms with Gasteiger partial charge in [0.05, 0.1) is 18.2 Å². The Hall–Kier alpha value is -1.12. The summed E-state index contributed by atoms with van der Waals surface area (Å²) in [6, 6.07) is 6.16. The van der Waals surface area contributed by atoms with Crippen molar-refractivity contribution in [1.29, 1.82) is 5.26 Å². The first-order valence-electron chi connectivity index (χ1n) is 6.15. The molecule has 1 saturated heterocycles. The Balaban J connectivity index is 2.03. The van der Waals surface area contributed by atoms with Crippen LogP contribution in [0.5, 0.6) is 5.75 Å². The lowest BCUT2D eigenvalue weighted by Gasteiger charge is -2.35. The van der Waals surface area contributed by atoms with Crippen LogP contribution >= 0.6 is 15.9 Å². The predicted molar refractivity (Wildman–Crippen MR) is 72.9 cm³/mol. The zero-order valence-electron chi connectivity index (χ0n) is 10.5. The molecule has 102 valence electrons. The molecule has 2 rings (SSSR count). The van der Waals surface area contributed by atoms with Crippen LogP contribution in [0.1, 0.15) is 18.4 Å². The second-order valence-corrected chi connectivity index (χ2v) is 5.35. The van der Waals surface area contributed by atoms with E-state index in [1.54, 1.807) is 6.07 Å². The second-order valence-electron chi connectivity index (χ2n) is 4.79. The molecule has 0 N–H and O–H groups in total. The maximum atomic E-state index is 13.7. The van der Waals surface area contributed by atoms with Gasteiger partial charge in [-0.05, 0) is 31.0 Å². The average molecular weight is 328 g/mol. The first-order valence-corrected chi connectivity index (χ1v) is 7.27. The van der Waals surface area contributed by atoms with Gasteiger partial charge in [0.15, 0.2) is 11.6 Å². The van der Waals surface area contributed by atoms with E-state index in [9.17, 15) is 4.39 Å². The van der Waals surface area contributed by atoms with Gasteiger partial charge in [-0.1, -0.05) is 15.9 Å². The number of ether oxygens (including phenoxy) is 2. The van der Waals surface area contributed by atoms with Crippen molar-refractivity contribution in [3.05, 3.63) is 29.6 Å². The van der Waals surface area contributed by atoms with Crippen LogP contribution in [0, 0.1) is 22.6 Å². The molecule has 0 aromatic heterocycles. The number of halogens is 2. The number of hydrogen-bond acceptors (Lipinski definition) is 3. The molecule has 0 unspecified atom stereocenters. The number of rotatable bonds is 4. The highest BCUT2D eigenvalue weighted by Gasteiger charge is 2.32. The van der Waals surface area contributed by atoms with Gasteiger partial charge in [-0.25, -0.2) is 4.39 Å². The third-order valence-corrected chi connectivity index (χ3v) is 4.62. The quantitative estimate of drug-likeness (QED) is 0.797. The van der Waals surface area contributed by atoms with E-state index in [0.717, 1.165) is 18.2 Å². The molecule has 1 aliphatic rings. The molecule has 1 aromatic carbocycles. The van der Waals surface area contributed by atoms with Gasteiger partial charge >= 0.3 is 0 Å². The summed E-state index contributed by atoms with van der Waals surface area (Å²) in [5, 5.41) is 9.50. The van der Waals surface area contributed by atoms with Crippen molar-refractivity contribution in [2.45, 2.75) is 12.8 Å². The van der Waals surface area contributed by atoms with Gasteiger partial charge in [0.25, 0.3) is 0 Å². The highest BCUT2D eigenvalue weighted by atomic mass is 79.9. The molecule has 0 spiro atoms. The lowest BCUT2D eigenvalue weighted by Crippen LogP contribution is -2.36. The maximum Gasteiger partial charge on any atom is 0.166 e. The van der Waals surface area contributed by atoms with Crippen LogP contribution in [0.15, 0.2) is 18.2 Å². The van der Waals surface area contributed by atoms with Crippen LogP contribution in [0.4, 0.5) is 4.39 Å². The first kappa shape index (κ1) is 14.3. The third kappa shape index (κ3) is 3.46. The first-order chi connectivity index (χ1) is 9.19. The molecule has 1 fully saturated rings. The fourth-order valence-electron chi connectivity index (χ4n) is 2.04. The summed E-state index contributed by atoms with van der Waals surface area (Å²) in [6.45, 7) is 1.88. The Kier molecular flexibility index (Phi) is 4.78. The molecule has 0 aliphatic carbocycles. The molecular formula is C14H15BrFNO2. The van der Waals surface area contributed by atoms with Gasteiger partial charge in [0.2, 0.25) is 0 Å². The highest BCUT2D eigenvalue weighted by Crippen LogP contribution is 2.33. The van der Waals surface area contributed by atoms with Crippen LogP contribution in [0.25, 0.3) is 0 Å². The minimum Gasteiger partial charge on any atom is -0.490 e. The molecule has 0 atom stereocenters. The summed E-state index contributed by atoms with van der Waals surface area (Å²) in [7, 11) is 0.